The first-order chi connectivity index (χ1) is 30.6. The third-order valence-electron chi connectivity index (χ3n) is 12.9. The predicted octanol–water partition coefficient (Wildman–Crippen LogP) is 14.0. The van der Waals surface area contributed by atoms with E-state index < -0.39 is 0 Å². The van der Waals surface area contributed by atoms with Crippen molar-refractivity contribution in [2.24, 2.45) is 4.99 Å². The van der Waals surface area contributed by atoms with Crippen molar-refractivity contribution in [3.05, 3.63) is 264 Å². The highest BCUT2D eigenvalue weighted by Crippen LogP contribution is 2.52. The number of fused-ring (bicyclic) bond motifs is 3. The SMILES string of the molecule is CC1(c2ccccc2)c2ccccc2-c2ccc(C3=NC(c4ccc(-c5ccc(-c6ccccc6)cc5)cc4)NC(c4ccc(-c5ccc(-c6ccccc6)cc5)cc4)N3)cc21. The number of nitrogens with one attached hydrogen (secondary N) is 2. The van der Waals surface area contributed by atoms with Gasteiger partial charge in [0.2, 0.25) is 0 Å². The number of benzene rings is 9. The van der Waals surface area contributed by atoms with Gasteiger partial charge in [0.1, 0.15) is 18.2 Å². The van der Waals surface area contributed by atoms with Crippen molar-refractivity contribution in [3.8, 4) is 55.6 Å². The van der Waals surface area contributed by atoms with Gasteiger partial charge in [0, 0.05) is 11.0 Å². The van der Waals surface area contributed by atoms with Crippen molar-refractivity contribution in [1.29, 1.82) is 0 Å². The Morgan fingerprint density at radius 3 is 1.31 bits per heavy atom. The van der Waals surface area contributed by atoms with Crippen molar-refractivity contribution in [1.82, 2.24) is 10.6 Å². The van der Waals surface area contributed by atoms with Crippen LogP contribution in [-0.2, 0) is 5.41 Å². The molecule has 0 aromatic heterocycles. The standard InChI is InChI=1S/C59H45N3/c1-59(51-17-9-4-10-18-51)54-20-12-11-19-52(54)53-38-37-50(39-55(53)59)58-61-56(48-33-29-46(30-34-48)44-25-21-42(22-26-44)40-13-5-2-6-14-40)60-57(62-58)49-35-31-47(32-36-49)45-27-23-43(24-28-45)41-15-7-3-8-16-41/h2-39,56-57,60H,1H3,(H,61,62). The number of hydrogen-bond acceptors (Lipinski definition) is 3. The van der Waals surface area contributed by atoms with Crippen LogP contribution in [0.25, 0.3) is 55.6 Å². The van der Waals surface area contributed by atoms with Gasteiger partial charge < -0.3 is 5.32 Å². The molecule has 3 nitrogen and oxygen atoms in total. The van der Waals surface area contributed by atoms with E-state index in [1.54, 1.807) is 0 Å². The molecule has 296 valence electrons. The molecule has 0 fully saturated rings. The quantitative estimate of drug-likeness (QED) is 0.161. The second-order valence-electron chi connectivity index (χ2n) is 16.6. The Labute approximate surface area is 364 Å². The number of nitrogens with zero attached hydrogens (tertiary/aromatic N) is 1. The van der Waals surface area contributed by atoms with E-state index in [-0.39, 0.29) is 17.7 Å². The van der Waals surface area contributed by atoms with Crippen LogP contribution in [0.15, 0.2) is 236 Å². The fraction of sp³-hybridized carbons (Fsp3) is 0.0678. The van der Waals surface area contributed by atoms with E-state index >= 15 is 0 Å². The molecular formula is C59H45N3. The first-order valence-corrected chi connectivity index (χ1v) is 21.5. The minimum atomic E-state index is -0.306. The van der Waals surface area contributed by atoms with E-state index in [1.165, 1.54) is 72.3 Å². The van der Waals surface area contributed by atoms with Crippen molar-refractivity contribution < 1.29 is 0 Å². The average molecular weight is 796 g/mol. The molecule has 1 aliphatic carbocycles. The van der Waals surface area contributed by atoms with E-state index in [9.17, 15) is 0 Å². The van der Waals surface area contributed by atoms with Crippen LogP contribution in [-0.4, -0.2) is 5.84 Å². The van der Waals surface area contributed by atoms with Crippen LogP contribution in [0.1, 0.15) is 52.6 Å². The highest BCUT2D eigenvalue weighted by atomic mass is 15.3. The largest absolute Gasteiger partial charge is 0.350 e. The normalized spacial score (nSPS) is 17.7. The van der Waals surface area contributed by atoms with Gasteiger partial charge >= 0.3 is 0 Å². The van der Waals surface area contributed by atoms with Gasteiger partial charge in [0.25, 0.3) is 0 Å². The van der Waals surface area contributed by atoms with Gasteiger partial charge in [-0.15, -0.1) is 0 Å². The third-order valence-corrected chi connectivity index (χ3v) is 12.9. The topological polar surface area (TPSA) is 36.4 Å². The maximum absolute atomic E-state index is 5.43. The van der Waals surface area contributed by atoms with Gasteiger partial charge in [-0.1, -0.05) is 224 Å². The van der Waals surface area contributed by atoms with E-state index in [1.807, 2.05) is 0 Å². The van der Waals surface area contributed by atoms with Crippen LogP contribution in [0, 0.1) is 0 Å². The summed E-state index contributed by atoms with van der Waals surface area (Å²) in [4.78, 5) is 5.43. The zero-order valence-corrected chi connectivity index (χ0v) is 34.5. The van der Waals surface area contributed by atoms with Crippen molar-refractivity contribution >= 4 is 5.84 Å². The van der Waals surface area contributed by atoms with Gasteiger partial charge in [0.05, 0.1) is 0 Å². The van der Waals surface area contributed by atoms with Crippen molar-refractivity contribution in [2.45, 2.75) is 24.7 Å². The van der Waals surface area contributed by atoms with Crippen LogP contribution < -0.4 is 10.6 Å². The molecule has 62 heavy (non-hydrogen) atoms. The molecule has 2 N–H and O–H groups in total. The van der Waals surface area contributed by atoms with Gasteiger partial charge in [-0.3, -0.25) is 5.32 Å². The van der Waals surface area contributed by atoms with Crippen LogP contribution in [0.2, 0.25) is 0 Å². The lowest BCUT2D eigenvalue weighted by molar-refractivity contribution is 0.409. The Kier molecular flexibility index (Phi) is 9.52. The molecule has 3 atom stereocenters. The summed E-state index contributed by atoms with van der Waals surface area (Å²) in [5, 5.41) is 7.71. The Bertz CT molecular complexity index is 3030. The lowest BCUT2D eigenvalue weighted by Crippen LogP contribution is -2.45. The second-order valence-corrected chi connectivity index (χ2v) is 16.6. The molecule has 3 heteroatoms. The number of rotatable bonds is 8. The van der Waals surface area contributed by atoms with E-state index in [2.05, 4.69) is 248 Å². The molecule has 3 unspecified atom stereocenters. The predicted molar refractivity (Wildman–Crippen MR) is 257 cm³/mol. The monoisotopic (exact) mass is 795 g/mol. The minimum Gasteiger partial charge on any atom is -0.350 e. The van der Waals surface area contributed by atoms with Crippen LogP contribution in [0.3, 0.4) is 0 Å². The average Bonchev–Trinajstić information content (AvgIpc) is 3.62. The van der Waals surface area contributed by atoms with Crippen molar-refractivity contribution in [3.63, 3.8) is 0 Å². The lowest BCUT2D eigenvalue weighted by Gasteiger charge is -2.33. The zero-order valence-electron chi connectivity index (χ0n) is 34.5. The number of aliphatic imine (C=N–C) groups is 1. The van der Waals surface area contributed by atoms with Crippen LogP contribution in [0.5, 0.6) is 0 Å². The summed E-state index contributed by atoms with van der Waals surface area (Å²) >= 11 is 0. The molecule has 1 aliphatic heterocycles. The first-order valence-electron chi connectivity index (χ1n) is 21.5. The molecule has 9 aromatic carbocycles. The first kappa shape index (κ1) is 37.4. The van der Waals surface area contributed by atoms with Crippen LogP contribution in [0.4, 0.5) is 0 Å². The number of hydrogen-bond donors (Lipinski definition) is 2. The third kappa shape index (κ3) is 6.83. The minimum absolute atomic E-state index is 0.182. The Morgan fingerprint density at radius 1 is 0.371 bits per heavy atom. The summed E-state index contributed by atoms with van der Waals surface area (Å²) in [5.41, 5.74) is 19.1. The van der Waals surface area contributed by atoms with Gasteiger partial charge in [-0.2, -0.15) is 0 Å². The molecule has 0 amide bonds. The van der Waals surface area contributed by atoms with Gasteiger partial charge in [0.15, 0.2) is 0 Å². The highest BCUT2D eigenvalue weighted by molar-refractivity contribution is 6.01. The molecule has 0 saturated heterocycles. The smallest absolute Gasteiger partial charge is 0.131 e. The molecule has 0 radical (unpaired) electrons. The molecular weight excluding hydrogens is 751 g/mol. The van der Waals surface area contributed by atoms with Gasteiger partial charge in [-0.25, -0.2) is 4.99 Å². The maximum Gasteiger partial charge on any atom is 0.131 e. The Hall–Kier alpha value is -7.59. The molecule has 11 rings (SSSR count). The lowest BCUT2D eigenvalue weighted by atomic mass is 9.74. The summed E-state index contributed by atoms with van der Waals surface area (Å²) in [5.74, 6) is 0.870. The maximum atomic E-state index is 5.43. The summed E-state index contributed by atoms with van der Waals surface area (Å²) in [6.07, 6.45) is -0.458. The summed E-state index contributed by atoms with van der Waals surface area (Å²) < 4.78 is 0. The van der Waals surface area contributed by atoms with Crippen molar-refractivity contribution in [2.75, 3.05) is 0 Å². The van der Waals surface area contributed by atoms with Crippen LogP contribution >= 0.6 is 0 Å². The Balaban J connectivity index is 0.936. The summed E-state index contributed by atoms with van der Waals surface area (Å²) in [6.45, 7) is 2.37. The Morgan fingerprint density at radius 2 is 0.774 bits per heavy atom. The summed E-state index contributed by atoms with van der Waals surface area (Å²) in [6, 6.07) is 83.2. The van der Waals surface area contributed by atoms with E-state index in [0.29, 0.717) is 0 Å². The summed E-state index contributed by atoms with van der Waals surface area (Å²) in [7, 11) is 0. The molecule has 0 bridgehead atoms. The molecule has 0 spiro atoms. The molecule has 9 aromatic rings. The van der Waals surface area contributed by atoms with E-state index in [4.69, 9.17) is 4.99 Å². The molecule has 2 aliphatic rings. The fourth-order valence-corrected chi connectivity index (χ4v) is 9.47. The van der Waals surface area contributed by atoms with E-state index in [0.717, 1.165) is 22.5 Å². The fourth-order valence-electron chi connectivity index (χ4n) is 9.47. The molecule has 1 heterocycles. The molecule has 0 saturated carbocycles. The number of amidine groups is 1. The second kappa shape index (κ2) is 15.8. The zero-order chi connectivity index (χ0) is 41.5. The van der Waals surface area contributed by atoms with Gasteiger partial charge in [-0.05, 0) is 96.4 Å². The highest BCUT2D eigenvalue weighted by Gasteiger charge is 2.41.